The number of rotatable bonds is 4. The standard InChI is InChI=1S/C33H38F5N7O2/c1-15-23(33(36,37)38)18(12-19(39)24(15)34)26-25(35)27-22-29(45-13-17-7-8-20(40-17)28(45)16(2)47-30(22)41-26)43-31(42-27)46-14-32-9-4-6-21(32)44(3)11-5-10-32/h12,16-17,20-21,28,40H,4-11,13-14,39H2,1-3H3/t16-,17+,20-,21+,28+,32-/m0/s1. The SMILES string of the molecule is Cc1c(F)c(N)cc(-c2nc3c4c(nc(OC[C@@]56CCC[C@H]5N(C)CCC6)nc4c2F)N2C[C@H]4CC[C@H](N4)[C@H]2[C@H](C)O3)c1C(F)(F)F. The van der Waals surface area contributed by atoms with Crippen molar-refractivity contribution in [2.75, 3.05) is 37.4 Å². The number of piperazine rings is 1. The summed E-state index contributed by atoms with van der Waals surface area (Å²) in [5.41, 5.74) is 1.41. The first-order valence-electron chi connectivity index (χ1n) is 16.5. The smallest absolute Gasteiger partial charge is 0.417 e. The molecule has 5 aliphatic rings. The van der Waals surface area contributed by atoms with Gasteiger partial charge < -0.3 is 30.3 Å². The summed E-state index contributed by atoms with van der Waals surface area (Å²) in [6, 6.07) is 1.12. The van der Waals surface area contributed by atoms with Gasteiger partial charge in [0.25, 0.3) is 0 Å². The van der Waals surface area contributed by atoms with E-state index in [0.29, 0.717) is 25.0 Å². The fourth-order valence-electron chi connectivity index (χ4n) is 9.29. The minimum atomic E-state index is -5.03. The number of nitrogen functional groups attached to an aromatic ring is 1. The monoisotopic (exact) mass is 659 g/mol. The van der Waals surface area contributed by atoms with Gasteiger partial charge in [0.1, 0.15) is 34.3 Å². The van der Waals surface area contributed by atoms with Crippen LogP contribution in [0.4, 0.5) is 33.5 Å². The van der Waals surface area contributed by atoms with Crippen molar-refractivity contribution in [3.05, 3.63) is 28.8 Å². The molecule has 4 aliphatic heterocycles. The van der Waals surface area contributed by atoms with Crippen LogP contribution in [0.1, 0.15) is 63.0 Å². The van der Waals surface area contributed by atoms with Gasteiger partial charge in [0.05, 0.1) is 23.9 Å². The van der Waals surface area contributed by atoms with Crippen molar-refractivity contribution in [2.24, 2.45) is 5.41 Å². The highest BCUT2D eigenvalue weighted by atomic mass is 19.4. The van der Waals surface area contributed by atoms with Crippen molar-refractivity contribution in [3.8, 4) is 23.1 Å². The number of aromatic nitrogens is 3. The Morgan fingerprint density at radius 2 is 1.89 bits per heavy atom. The molecule has 1 saturated carbocycles. The molecule has 14 heteroatoms. The lowest BCUT2D eigenvalue weighted by atomic mass is 9.76. The number of hydrogen-bond donors (Lipinski definition) is 2. The molecule has 6 heterocycles. The number of hydrogen-bond acceptors (Lipinski definition) is 9. The van der Waals surface area contributed by atoms with Crippen LogP contribution in [-0.2, 0) is 6.18 Å². The van der Waals surface area contributed by atoms with E-state index >= 15 is 4.39 Å². The Morgan fingerprint density at radius 3 is 2.68 bits per heavy atom. The van der Waals surface area contributed by atoms with E-state index in [2.05, 4.69) is 32.1 Å². The largest absolute Gasteiger partial charge is 0.472 e. The van der Waals surface area contributed by atoms with Gasteiger partial charge in [-0.3, -0.25) is 0 Å². The number of alkyl halides is 3. The molecule has 252 valence electrons. The minimum absolute atomic E-state index is 0.0484. The Morgan fingerprint density at radius 1 is 1.11 bits per heavy atom. The van der Waals surface area contributed by atoms with Gasteiger partial charge in [-0.25, -0.2) is 13.8 Å². The number of anilines is 2. The maximum atomic E-state index is 16.9. The van der Waals surface area contributed by atoms with Gasteiger partial charge in [0, 0.05) is 35.6 Å². The molecule has 3 aromatic rings. The van der Waals surface area contributed by atoms with E-state index in [0.717, 1.165) is 64.5 Å². The quantitative estimate of drug-likeness (QED) is 0.273. The van der Waals surface area contributed by atoms with Crippen LogP contribution in [0.25, 0.3) is 22.2 Å². The van der Waals surface area contributed by atoms with Crippen LogP contribution in [0.3, 0.4) is 0 Å². The maximum Gasteiger partial charge on any atom is 0.417 e. The number of halogens is 5. The van der Waals surface area contributed by atoms with E-state index in [4.69, 9.17) is 20.2 Å². The predicted octanol–water partition coefficient (Wildman–Crippen LogP) is 5.61. The fourth-order valence-corrected chi connectivity index (χ4v) is 9.29. The van der Waals surface area contributed by atoms with Gasteiger partial charge in [0.15, 0.2) is 5.82 Å². The summed E-state index contributed by atoms with van der Waals surface area (Å²) < 4.78 is 87.7. The van der Waals surface area contributed by atoms with Crippen molar-refractivity contribution in [1.29, 1.82) is 0 Å². The highest BCUT2D eigenvalue weighted by molar-refractivity contribution is 5.97. The summed E-state index contributed by atoms with van der Waals surface area (Å²) >= 11 is 0. The molecule has 0 radical (unpaired) electrons. The van der Waals surface area contributed by atoms with Gasteiger partial charge >= 0.3 is 12.2 Å². The van der Waals surface area contributed by atoms with Gasteiger partial charge in [-0.05, 0) is 77.6 Å². The zero-order chi connectivity index (χ0) is 33.0. The second kappa shape index (κ2) is 10.7. The first kappa shape index (κ1) is 30.8. The number of nitrogens with one attached hydrogen (secondary N) is 1. The van der Waals surface area contributed by atoms with Crippen molar-refractivity contribution in [1.82, 2.24) is 25.2 Å². The number of fused-ring (bicyclic) bond motifs is 6. The Hall–Kier alpha value is -3.52. The van der Waals surface area contributed by atoms with Crippen LogP contribution in [0.5, 0.6) is 11.9 Å². The van der Waals surface area contributed by atoms with Crippen LogP contribution < -0.4 is 25.4 Å². The summed E-state index contributed by atoms with van der Waals surface area (Å²) in [6.45, 7) is 4.77. The van der Waals surface area contributed by atoms with Gasteiger partial charge in [-0.1, -0.05) is 6.42 Å². The molecule has 3 N–H and O–H groups in total. The Bertz CT molecular complexity index is 1770. The molecule has 1 aromatic carbocycles. The molecule has 1 aliphatic carbocycles. The number of piperidine rings is 1. The molecule has 0 unspecified atom stereocenters. The van der Waals surface area contributed by atoms with E-state index in [-0.39, 0.29) is 46.3 Å². The summed E-state index contributed by atoms with van der Waals surface area (Å²) in [7, 11) is 2.13. The molecule has 0 amide bonds. The zero-order valence-electron chi connectivity index (χ0n) is 26.6. The lowest BCUT2D eigenvalue weighted by molar-refractivity contribution is -0.137. The van der Waals surface area contributed by atoms with Crippen molar-refractivity contribution in [3.63, 3.8) is 0 Å². The molecule has 2 bridgehead atoms. The van der Waals surface area contributed by atoms with E-state index < -0.39 is 52.0 Å². The van der Waals surface area contributed by atoms with Gasteiger partial charge in [-0.15, -0.1) is 0 Å². The third-order valence-electron chi connectivity index (χ3n) is 11.4. The van der Waals surface area contributed by atoms with E-state index in [1.54, 1.807) is 0 Å². The topological polar surface area (TPSA) is 102 Å². The normalized spacial score (nSPS) is 30.2. The minimum Gasteiger partial charge on any atom is -0.472 e. The third kappa shape index (κ3) is 4.72. The average molecular weight is 660 g/mol. The molecule has 0 spiro atoms. The van der Waals surface area contributed by atoms with Crippen molar-refractivity contribution in [2.45, 2.75) is 95.2 Å². The number of likely N-dealkylation sites (tertiary alicyclic amines) is 1. The van der Waals surface area contributed by atoms with E-state index in [1.165, 1.54) is 0 Å². The van der Waals surface area contributed by atoms with E-state index in [1.807, 2.05) is 6.92 Å². The van der Waals surface area contributed by atoms with Crippen LogP contribution >= 0.6 is 0 Å². The van der Waals surface area contributed by atoms with Crippen molar-refractivity contribution >= 4 is 22.4 Å². The molecule has 8 rings (SSSR count). The number of benzene rings is 1. The number of nitrogens with two attached hydrogens (primary N) is 1. The molecular weight excluding hydrogens is 621 g/mol. The van der Waals surface area contributed by atoms with Crippen molar-refractivity contribution < 1.29 is 31.4 Å². The Balaban J connectivity index is 1.32. The van der Waals surface area contributed by atoms with Crippen LogP contribution in [0.15, 0.2) is 6.07 Å². The molecule has 47 heavy (non-hydrogen) atoms. The summed E-state index contributed by atoms with van der Waals surface area (Å²) in [5.74, 6) is -2.04. The third-order valence-corrected chi connectivity index (χ3v) is 11.4. The van der Waals surface area contributed by atoms with Gasteiger partial charge in [0.2, 0.25) is 5.88 Å². The molecule has 3 saturated heterocycles. The second-order valence-electron chi connectivity index (χ2n) is 14.1. The lowest BCUT2D eigenvalue weighted by Gasteiger charge is -2.44. The predicted molar refractivity (Wildman–Crippen MR) is 165 cm³/mol. The Labute approximate surface area is 269 Å². The first-order chi connectivity index (χ1) is 22.4. The number of ether oxygens (including phenoxy) is 2. The molecule has 6 atom stereocenters. The molecule has 4 fully saturated rings. The molecular formula is C33H38F5N7O2. The number of nitrogens with zero attached hydrogens (tertiary/aromatic N) is 5. The molecule has 9 nitrogen and oxygen atoms in total. The highest BCUT2D eigenvalue weighted by Gasteiger charge is 2.49. The highest BCUT2D eigenvalue weighted by Crippen LogP contribution is 2.49. The van der Waals surface area contributed by atoms with E-state index in [9.17, 15) is 17.6 Å². The fraction of sp³-hybridized carbons (Fsp3) is 0.606. The first-order valence-corrected chi connectivity index (χ1v) is 16.5. The van der Waals surface area contributed by atoms with Gasteiger partial charge in [-0.2, -0.15) is 23.1 Å². The van der Waals surface area contributed by atoms with Crippen LogP contribution in [-0.4, -0.2) is 76.9 Å². The average Bonchev–Trinajstić information content (AvgIpc) is 3.60. The summed E-state index contributed by atoms with van der Waals surface area (Å²) in [5, 5.41) is 3.81. The zero-order valence-corrected chi connectivity index (χ0v) is 26.6. The second-order valence-corrected chi connectivity index (χ2v) is 14.1. The summed E-state index contributed by atoms with van der Waals surface area (Å²) in [4.78, 5) is 18.2. The van der Waals surface area contributed by atoms with Crippen LogP contribution in [0.2, 0.25) is 0 Å². The lowest BCUT2D eigenvalue weighted by Crippen LogP contribution is -2.62. The summed E-state index contributed by atoms with van der Waals surface area (Å²) in [6.07, 6.45) is 1.53. The maximum absolute atomic E-state index is 16.9. The number of pyridine rings is 1. The molecule has 2 aromatic heterocycles. The Kier molecular flexibility index (Phi) is 7.04. The van der Waals surface area contributed by atoms with Crippen LogP contribution in [0, 0.1) is 24.0 Å².